The van der Waals surface area contributed by atoms with Crippen LogP contribution in [0.1, 0.15) is 65.5 Å². The highest BCUT2D eigenvalue weighted by Crippen LogP contribution is 2.36. The average Bonchev–Trinajstić information content (AvgIpc) is 2.74. The standard InChI is InChI=1S/C28H39N5O5/c1-16-14-20-21(15-17(16)2)33(24-23(32-20)25(35)31-18(3)30-24)13-12-29-19(26(36)38-28(7,8)9)10-11-22(34)37-27(4,5)6/h14-15,19,29H,3,10-13H2,1-2,4-9H3,(H,31,35)/t19-/m0/s1. The van der Waals surface area contributed by atoms with Crippen LogP contribution in [0.25, 0.3) is 6.58 Å². The van der Waals surface area contributed by atoms with Crippen molar-refractivity contribution in [3.8, 4) is 0 Å². The fourth-order valence-corrected chi connectivity index (χ4v) is 4.02. The van der Waals surface area contributed by atoms with Gasteiger partial charge in [0.05, 0.1) is 11.4 Å². The number of nitrogens with one attached hydrogen (secondary N) is 2. The first-order valence-electron chi connectivity index (χ1n) is 12.8. The maximum Gasteiger partial charge on any atom is 0.323 e. The number of aromatic amines is 1. The molecule has 206 valence electrons. The molecule has 2 aromatic rings. The Morgan fingerprint density at radius 2 is 1.71 bits per heavy atom. The molecule has 0 saturated heterocycles. The summed E-state index contributed by atoms with van der Waals surface area (Å²) < 4.78 is 11.0. The largest absolute Gasteiger partial charge is 0.460 e. The molecule has 10 nitrogen and oxygen atoms in total. The van der Waals surface area contributed by atoms with E-state index < -0.39 is 23.2 Å². The van der Waals surface area contributed by atoms with Gasteiger partial charge in [-0.25, -0.2) is 9.98 Å². The molecule has 1 aromatic heterocycles. The molecular weight excluding hydrogens is 486 g/mol. The van der Waals surface area contributed by atoms with Crippen molar-refractivity contribution in [1.82, 2.24) is 15.3 Å². The molecule has 38 heavy (non-hydrogen) atoms. The van der Waals surface area contributed by atoms with E-state index in [1.807, 2.05) is 30.9 Å². The van der Waals surface area contributed by atoms with Gasteiger partial charge in [0.15, 0.2) is 11.2 Å². The molecule has 0 bridgehead atoms. The molecule has 1 atom stereocenters. The highest BCUT2D eigenvalue weighted by Gasteiger charge is 2.28. The topological polar surface area (TPSA) is 126 Å². The number of esters is 2. The minimum atomic E-state index is -0.731. The third-order valence-electron chi connectivity index (χ3n) is 5.77. The quantitative estimate of drug-likeness (QED) is 0.504. The zero-order valence-corrected chi connectivity index (χ0v) is 23.7. The van der Waals surface area contributed by atoms with Crippen LogP contribution in [-0.2, 0) is 19.1 Å². The third kappa shape index (κ3) is 7.50. The number of carbonyl (C=O) groups excluding carboxylic acids is 2. The van der Waals surface area contributed by atoms with Gasteiger partial charge in [0.1, 0.15) is 22.7 Å². The van der Waals surface area contributed by atoms with Crippen LogP contribution in [-0.4, -0.2) is 52.2 Å². The Morgan fingerprint density at radius 3 is 2.34 bits per heavy atom. The molecule has 0 aliphatic carbocycles. The molecule has 2 heterocycles. The van der Waals surface area contributed by atoms with Gasteiger partial charge in [-0.2, -0.15) is 0 Å². The number of carbonyl (C=O) groups is 2. The Balaban J connectivity index is 1.84. The molecular formula is C28H39N5O5. The number of ether oxygens (including phenoxy) is 2. The minimum absolute atomic E-state index is 0.0582. The van der Waals surface area contributed by atoms with Gasteiger partial charge >= 0.3 is 11.9 Å². The van der Waals surface area contributed by atoms with Crippen LogP contribution < -0.4 is 26.6 Å². The molecule has 3 rings (SSSR count). The molecule has 0 saturated carbocycles. The summed E-state index contributed by atoms with van der Waals surface area (Å²) in [6, 6.07) is 3.22. The summed E-state index contributed by atoms with van der Waals surface area (Å²) in [6.07, 6.45) is 0.272. The Hall–Kier alpha value is -3.53. The van der Waals surface area contributed by atoms with Crippen LogP contribution in [0.3, 0.4) is 0 Å². The Labute approximate surface area is 223 Å². The zero-order chi connectivity index (χ0) is 28.4. The summed E-state index contributed by atoms with van der Waals surface area (Å²) in [5.41, 5.74) is 2.17. The predicted molar refractivity (Wildman–Crippen MR) is 146 cm³/mol. The van der Waals surface area contributed by atoms with Gasteiger partial charge < -0.3 is 24.7 Å². The Morgan fingerprint density at radius 1 is 1.08 bits per heavy atom. The van der Waals surface area contributed by atoms with E-state index in [2.05, 4.69) is 26.9 Å². The van der Waals surface area contributed by atoms with Crippen LogP contribution >= 0.6 is 0 Å². The van der Waals surface area contributed by atoms with Crippen molar-refractivity contribution in [1.29, 1.82) is 0 Å². The van der Waals surface area contributed by atoms with E-state index in [1.54, 1.807) is 41.5 Å². The van der Waals surface area contributed by atoms with Crippen molar-refractivity contribution in [2.75, 3.05) is 18.0 Å². The predicted octanol–water partition coefficient (Wildman–Crippen LogP) is 2.62. The van der Waals surface area contributed by atoms with Crippen LogP contribution in [0.4, 0.5) is 17.2 Å². The van der Waals surface area contributed by atoms with Gasteiger partial charge in [0.2, 0.25) is 0 Å². The van der Waals surface area contributed by atoms with E-state index in [4.69, 9.17) is 9.47 Å². The number of aryl methyl sites for hydroxylation is 2. The lowest BCUT2D eigenvalue weighted by Crippen LogP contribution is -2.46. The first-order chi connectivity index (χ1) is 17.5. The molecule has 0 unspecified atom stereocenters. The third-order valence-corrected chi connectivity index (χ3v) is 5.77. The molecule has 0 fully saturated rings. The van der Waals surface area contributed by atoms with Crippen molar-refractivity contribution in [3.05, 3.63) is 44.5 Å². The molecule has 0 amide bonds. The molecule has 1 aliphatic rings. The highest BCUT2D eigenvalue weighted by molar-refractivity contribution is 5.78. The number of aromatic nitrogens is 2. The van der Waals surface area contributed by atoms with Gasteiger partial charge in [0, 0.05) is 19.5 Å². The lowest BCUT2D eigenvalue weighted by Gasteiger charge is -2.30. The summed E-state index contributed by atoms with van der Waals surface area (Å²) in [5.74, 6) is -0.430. The number of fused-ring (bicyclic) bond motifs is 2. The van der Waals surface area contributed by atoms with E-state index in [9.17, 15) is 14.4 Å². The summed E-state index contributed by atoms with van der Waals surface area (Å²) in [5, 5.41) is 3.45. The lowest BCUT2D eigenvalue weighted by molar-refractivity contribution is -0.158. The van der Waals surface area contributed by atoms with Gasteiger partial charge in [-0.15, -0.1) is 0 Å². The van der Waals surface area contributed by atoms with Gasteiger partial charge in [-0.1, -0.05) is 6.58 Å². The van der Waals surface area contributed by atoms with Crippen molar-refractivity contribution < 1.29 is 19.1 Å². The van der Waals surface area contributed by atoms with Crippen molar-refractivity contribution in [2.45, 2.75) is 85.5 Å². The monoisotopic (exact) mass is 525 g/mol. The fraction of sp³-hybridized carbons (Fsp3) is 0.536. The van der Waals surface area contributed by atoms with Gasteiger partial charge in [-0.05, 0) is 85.1 Å². The van der Waals surface area contributed by atoms with Crippen molar-refractivity contribution >= 4 is 35.7 Å². The number of nitrogens with zero attached hydrogens (tertiary/aromatic N) is 3. The van der Waals surface area contributed by atoms with Crippen molar-refractivity contribution in [3.63, 3.8) is 0 Å². The first kappa shape index (κ1) is 29.0. The molecule has 1 aromatic carbocycles. The van der Waals surface area contributed by atoms with E-state index >= 15 is 0 Å². The highest BCUT2D eigenvalue weighted by atomic mass is 16.6. The van der Waals surface area contributed by atoms with Crippen LogP contribution in [0.15, 0.2) is 21.9 Å². The lowest BCUT2D eigenvalue weighted by atomic mass is 10.1. The van der Waals surface area contributed by atoms with Crippen LogP contribution in [0.5, 0.6) is 0 Å². The van der Waals surface area contributed by atoms with Crippen molar-refractivity contribution in [2.24, 2.45) is 4.99 Å². The fourth-order valence-electron chi connectivity index (χ4n) is 4.02. The Bertz CT molecular complexity index is 1380. The number of H-pyrrole nitrogens is 1. The molecule has 2 N–H and O–H groups in total. The number of benzene rings is 1. The zero-order valence-electron chi connectivity index (χ0n) is 23.7. The maximum atomic E-state index is 13.0. The number of hydrogen-bond donors (Lipinski definition) is 2. The molecule has 0 spiro atoms. The van der Waals surface area contributed by atoms with E-state index in [0.717, 1.165) is 16.8 Å². The molecule has 10 heteroatoms. The second kappa shape index (κ2) is 11.1. The average molecular weight is 526 g/mol. The van der Waals surface area contributed by atoms with Crippen LogP contribution in [0, 0.1) is 13.8 Å². The summed E-state index contributed by atoms with van der Waals surface area (Å²) in [6.45, 7) is 19.3. The Kier molecular flexibility index (Phi) is 8.45. The van der Waals surface area contributed by atoms with Crippen LogP contribution in [0.2, 0.25) is 0 Å². The smallest absolute Gasteiger partial charge is 0.323 e. The second-order valence-corrected chi connectivity index (χ2v) is 11.5. The SMILES string of the molecule is C=c1nc2c(c(=O)[nH]1)=Nc1cc(C)c(C)cc1N2CCN[C@@H](CCC(=O)OC(C)(C)C)C(=O)OC(C)(C)C. The maximum absolute atomic E-state index is 13.0. The van der Waals surface area contributed by atoms with E-state index in [1.165, 1.54) is 0 Å². The van der Waals surface area contributed by atoms with Gasteiger partial charge in [-0.3, -0.25) is 14.4 Å². The van der Waals surface area contributed by atoms with E-state index in [-0.39, 0.29) is 35.2 Å². The minimum Gasteiger partial charge on any atom is -0.460 e. The molecule has 0 radical (unpaired) electrons. The summed E-state index contributed by atoms with van der Waals surface area (Å²) >= 11 is 0. The first-order valence-corrected chi connectivity index (χ1v) is 12.8. The normalized spacial score (nSPS) is 13.7. The number of anilines is 2. The van der Waals surface area contributed by atoms with E-state index in [0.29, 0.717) is 24.6 Å². The second-order valence-electron chi connectivity index (χ2n) is 11.5. The summed E-state index contributed by atoms with van der Waals surface area (Å²) in [4.78, 5) is 51.5. The van der Waals surface area contributed by atoms with Gasteiger partial charge in [0.25, 0.3) is 5.56 Å². The summed E-state index contributed by atoms with van der Waals surface area (Å²) in [7, 11) is 0. The number of hydrogen-bond acceptors (Lipinski definition) is 9. The molecule has 1 aliphatic heterocycles. The number of rotatable bonds is 8.